The lowest BCUT2D eigenvalue weighted by molar-refractivity contribution is 1.08. The first-order valence-corrected chi connectivity index (χ1v) is 14.8. The molecule has 3 nitrogen and oxygen atoms in total. The standard InChI is InChI=1S/C41H27N3/c1-4-12-28(13-5-1)31-20-21-33-25-35(23-22-32(33)24-31)40-42-39(30-16-8-3-9-17-30)43-41(44-40)38-27-36(29-14-6-2-7-15-29)26-34-18-10-11-19-37(34)38/h1-27H. The monoisotopic (exact) mass is 561 g/mol. The van der Waals surface area contributed by atoms with Gasteiger partial charge in [0.25, 0.3) is 0 Å². The first-order chi connectivity index (χ1) is 21.8. The van der Waals surface area contributed by atoms with Crippen molar-refractivity contribution in [3.05, 3.63) is 164 Å². The Morgan fingerprint density at radius 1 is 0.273 bits per heavy atom. The third-order valence-corrected chi connectivity index (χ3v) is 8.08. The lowest BCUT2D eigenvalue weighted by Gasteiger charge is -2.13. The van der Waals surface area contributed by atoms with Gasteiger partial charge in [0.1, 0.15) is 0 Å². The lowest BCUT2D eigenvalue weighted by atomic mass is 9.96. The minimum absolute atomic E-state index is 0.650. The summed E-state index contributed by atoms with van der Waals surface area (Å²) >= 11 is 0. The molecular weight excluding hydrogens is 534 g/mol. The molecule has 206 valence electrons. The molecule has 0 bridgehead atoms. The SMILES string of the molecule is c1ccc(-c2ccc3cc(-c4nc(-c5ccccc5)nc(-c5cc(-c6ccccc6)cc6ccccc56)n4)ccc3c2)cc1. The Morgan fingerprint density at radius 3 is 1.43 bits per heavy atom. The number of fused-ring (bicyclic) bond motifs is 2. The number of nitrogens with zero attached hydrogens (tertiary/aromatic N) is 3. The van der Waals surface area contributed by atoms with Gasteiger partial charge in [-0.05, 0) is 68.1 Å². The molecular formula is C41H27N3. The van der Waals surface area contributed by atoms with Crippen LogP contribution in [0, 0.1) is 0 Å². The Labute approximate surface area is 256 Å². The molecule has 0 aliphatic carbocycles. The maximum Gasteiger partial charge on any atom is 0.164 e. The molecule has 1 heterocycles. The Kier molecular flexibility index (Phi) is 6.47. The van der Waals surface area contributed by atoms with Gasteiger partial charge in [-0.25, -0.2) is 15.0 Å². The minimum atomic E-state index is 0.650. The molecule has 1 aromatic heterocycles. The van der Waals surface area contributed by atoms with Crippen molar-refractivity contribution in [1.82, 2.24) is 15.0 Å². The van der Waals surface area contributed by atoms with E-state index in [1.54, 1.807) is 0 Å². The van der Waals surface area contributed by atoms with Crippen LogP contribution in [0.2, 0.25) is 0 Å². The number of hydrogen-bond acceptors (Lipinski definition) is 3. The van der Waals surface area contributed by atoms with Crippen LogP contribution in [-0.2, 0) is 0 Å². The molecule has 3 heteroatoms. The summed E-state index contributed by atoms with van der Waals surface area (Å²) in [4.78, 5) is 15.2. The van der Waals surface area contributed by atoms with E-state index in [9.17, 15) is 0 Å². The maximum atomic E-state index is 5.13. The van der Waals surface area contributed by atoms with Crippen molar-refractivity contribution < 1.29 is 0 Å². The highest BCUT2D eigenvalue weighted by molar-refractivity contribution is 5.99. The number of aromatic nitrogens is 3. The highest BCUT2D eigenvalue weighted by Crippen LogP contribution is 2.35. The van der Waals surface area contributed by atoms with E-state index < -0.39 is 0 Å². The van der Waals surface area contributed by atoms with Crippen LogP contribution in [0.3, 0.4) is 0 Å². The van der Waals surface area contributed by atoms with Crippen molar-refractivity contribution in [3.8, 4) is 56.4 Å². The van der Waals surface area contributed by atoms with Crippen LogP contribution in [0.4, 0.5) is 0 Å². The first kappa shape index (κ1) is 25.8. The van der Waals surface area contributed by atoms with E-state index in [1.165, 1.54) is 16.5 Å². The zero-order valence-corrected chi connectivity index (χ0v) is 23.9. The molecule has 0 aliphatic rings. The normalized spacial score (nSPS) is 11.2. The van der Waals surface area contributed by atoms with Gasteiger partial charge in [-0.3, -0.25) is 0 Å². The van der Waals surface area contributed by atoms with E-state index >= 15 is 0 Å². The van der Waals surface area contributed by atoms with Crippen LogP contribution in [0.1, 0.15) is 0 Å². The van der Waals surface area contributed by atoms with Gasteiger partial charge in [-0.2, -0.15) is 0 Å². The van der Waals surface area contributed by atoms with E-state index in [0.717, 1.165) is 44.0 Å². The molecule has 8 rings (SSSR count). The fraction of sp³-hybridized carbons (Fsp3) is 0. The van der Waals surface area contributed by atoms with Gasteiger partial charge in [-0.1, -0.05) is 140 Å². The van der Waals surface area contributed by atoms with Gasteiger partial charge >= 0.3 is 0 Å². The van der Waals surface area contributed by atoms with Gasteiger partial charge in [0.05, 0.1) is 0 Å². The summed E-state index contributed by atoms with van der Waals surface area (Å²) in [6.07, 6.45) is 0. The Morgan fingerprint density at radius 2 is 0.750 bits per heavy atom. The van der Waals surface area contributed by atoms with Crippen molar-refractivity contribution in [2.24, 2.45) is 0 Å². The average molecular weight is 562 g/mol. The zero-order valence-electron chi connectivity index (χ0n) is 23.9. The van der Waals surface area contributed by atoms with Crippen molar-refractivity contribution in [3.63, 3.8) is 0 Å². The number of hydrogen-bond donors (Lipinski definition) is 0. The van der Waals surface area contributed by atoms with E-state index in [4.69, 9.17) is 15.0 Å². The fourth-order valence-electron chi connectivity index (χ4n) is 5.83. The van der Waals surface area contributed by atoms with Crippen molar-refractivity contribution in [2.75, 3.05) is 0 Å². The molecule has 0 unspecified atom stereocenters. The fourth-order valence-corrected chi connectivity index (χ4v) is 5.83. The summed E-state index contributed by atoms with van der Waals surface area (Å²) in [5.74, 6) is 1.96. The highest BCUT2D eigenvalue weighted by atomic mass is 15.0. The molecule has 44 heavy (non-hydrogen) atoms. The van der Waals surface area contributed by atoms with Crippen LogP contribution < -0.4 is 0 Å². The summed E-state index contributed by atoms with van der Waals surface area (Å²) in [5.41, 5.74) is 7.58. The largest absolute Gasteiger partial charge is 0.208 e. The molecule has 0 N–H and O–H groups in total. The molecule has 0 fully saturated rings. The van der Waals surface area contributed by atoms with Crippen LogP contribution in [0.25, 0.3) is 78.0 Å². The summed E-state index contributed by atoms with van der Waals surface area (Å²) in [7, 11) is 0. The second-order valence-corrected chi connectivity index (χ2v) is 10.9. The summed E-state index contributed by atoms with van der Waals surface area (Å²) in [6.45, 7) is 0. The Hall–Kier alpha value is -5.93. The second-order valence-electron chi connectivity index (χ2n) is 10.9. The third kappa shape index (κ3) is 4.91. The molecule has 0 atom stereocenters. The van der Waals surface area contributed by atoms with E-state index in [2.05, 4.69) is 121 Å². The zero-order chi connectivity index (χ0) is 29.3. The van der Waals surface area contributed by atoms with Gasteiger partial charge in [0.15, 0.2) is 17.5 Å². The van der Waals surface area contributed by atoms with Gasteiger partial charge in [0, 0.05) is 16.7 Å². The van der Waals surface area contributed by atoms with Crippen LogP contribution in [-0.4, -0.2) is 15.0 Å². The smallest absolute Gasteiger partial charge is 0.164 e. The Balaban J connectivity index is 1.31. The number of benzene rings is 7. The van der Waals surface area contributed by atoms with Crippen LogP contribution in [0.5, 0.6) is 0 Å². The minimum Gasteiger partial charge on any atom is -0.208 e. The van der Waals surface area contributed by atoms with Crippen molar-refractivity contribution in [2.45, 2.75) is 0 Å². The molecule has 0 radical (unpaired) electrons. The summed E-state index contributed by atoms with van der Waals surface area (Å²) in [6, 6.07) is 57.0. The number of rotatable bonds is 5. The molecule has 0 saturated carbocycles. The predicted octanol–water partition coefficient (Wildman–Crippen LogP) is 10.5. The molecule has 0 aliphatic heterocycles. The molecule has 0 amide bonds. The van der Waals surface area contributed by atoms with Gasteiger partial charge < -0.3 is 0 Å². The highest BCUT2D eigenvalue weighted by Gasteiger charge is 2.16. The van der Waals surface area contributed by atoms with Crippen molar-refractivity contribution >= 4 is 21.5 Å². The maximum absolute atomic E-state index is 5.13. The molecule has 0 saturated heterocycles. The first-order valence-electron chi connectivity index (χ1n) is 14.8. The third-order valence-electron chi connectivity index (χ3n) is 8.08. The van der Waals surface area contributed by atoms with Crippen LogP contribution >= 0.6 is 0 Å². The summed E-state index contributed by atoms with van der Waals surface area (Å²) in [5, 5.41) is 4.57. The van der Waals surface area contributed by atoms with E-state index in [0.29, 0.717) is 17.5 Å². The molecule has 7 aromatic carbocycles. The second kappa shape index (κ2) is 11.0. The quantitative estimate of drug-likeness (QED) is 0.210. The van der Waals surface area contributed by atoms with Gasteiger partial charge in [0.2, 0.25) is 0 Å². The predicted molar refractivity (Wildman–Crippen MR) is 182 cm³/mol. The van der Waals surface area contributed by atoms with Gasteiger partial charge in [-0.15, -0.1) is 0 Å². The van der Waals surface area contributed by atoms with E-state index in [1.807, 2.05) is 42.5 Å². The van der Waals surface area contributed by atoms with Crippen molar-refractivity contribution in [1.29, 1.82) is 0 Å². The average Bonchev–Trinajstić information content (AvgIpc) is 3.11. The topological polar surface area (TPSA) is 38.7 Å². The molecule has 8 aromatic rings. The molecule has 0 spiro atoms. The summed E-state index contributed by atoms with van der Waals surface area (Å²) < 4.78 is 0. The Bertz CT molecular complexity index is 2260. The lowest BCUT2D eigenvalue weighted by Crippen LogP contribution is -2.01. The van der Waals surface area contributed by atoms with Crippen LogP contribution in [0.15, 0.2) is 164 Å². The van der Waals surface area contributed by atoms with E-state index in [-0.39, 0.29) is 0 Å².